The van der Waals surface area contributed by atoms with E-state index in [1.165, 1.54) is 43.2 Å². The fraction of sp³-hybridized carbons (Fsp3) is 0.600. The van der Waals surface area contributed by atoms with Gasteiger partial charge in [0.2, 0.25) is 0 Å². The minimum atomic E-state index is 0.452. The number of nitrogens with two attached hydrogens (primary N) is 1. The lowest BCUT2D eigenvalue weighted by atomic mass is 9.82. The third kappa shape index (κ3) is 3.08. The topological polar surface area (TPSA) is 26.0 Å². The van der Waals surface area contributed by atoms with Crippen molar-refractivity contribution in [3.05, 3.63) is 35.4 Å². The number of rotatable bonds is 3. The van der Waals surface area contributed by atoms with Crippen molar-refractivity contribution < 1.29 is 0 Å². The highest BCUT2D eigenvalue weighted by Crippen LogP contribution is 2.26. The highest BCUT2D eigenvalue weighted by atomic mass is 14.6. The van der Waals surface area contributed by atoms with Gasteiger partial charge in [0.05, 0.1) is 0 Å². The molecule has 0 radical (unpaired) electrons. The number of hydrogen-bond acceptors (Lipinski definition) is 1. The van der Waals surface area contributed by atoms with Crippen molar-refractivity contribution in [2.45, 2.75) is 51.5 Å². The first kappa shape index (κ1) is 11.7. The molecule has 1 fully saturated rings. The van der Waals surface area contributed by atoms with Gasteiger partial charge in [-0.15, -0.1) is 0 Å². The first-order valence-corrected chi connectivity index (χ1v) is 6.61. The van der Waals surface area contributed by atoms with E-state index in [0.29, 0.717) is 6.04 Å². The van der Waals surface area contributed by atoms with Crippen LogP contribution in [-0.2, 0) is 12.8 Å². The average molecular weight is 217 g/mol. The van der Waals surface area contributed by atoms with Crippen LogP contribution in [0.15, 0.2) is 24.3 Å². The summed E-state index contributed by atoms with van der Waals surface area (Å²) in [7, 11) is 0. The van der Waals surface area contributed by atoms with Crippen LogP contribution in [0.1, 0.15) is 43.7 Å². The Morgan fingerprint density at radius 3 is 2.44 bits per heavy atom. The van der Waals surface area contributed by atoms with Gasteiger partial charge >= 0.3 is 0 Å². The second kappa shape index (κ2) is 5.49. The predicted molar refractivity (Wildman–Crippen MR) is 69.5 cm³/mol. The summed E-state index contributed by atoms with van der Waals surface area (Å²) in [6, 6.07) is 9.56. The van der Waals surface area contributed by atoms with Gasteiger partial charge < -0.3 is 5.73 Å². The molecule has 2 unspecified atom stereocenters. The lowest BCUT2D eigenvalue weighted by Gasteiger charge is -2.26. The zero-order valence-corrected chi connectivity index (χ0v) is 10.3. The molecule has 1 heteroatoms. The van der Waals surface area contributed by atoms with Crippen LogP contribution >= 0.6 is 0 Å². The summed E-state index contributed by atoms with van der Waals surface area (Å²) in [5.74, 6) is 0.816. The van der Waals surface area contributed by atoms with E-state index in [4.69, 9.17) is 5.73 Å². The van der Waals surface area contributed by atoms with E-state index in [1.807, 2.05) is 0 Å². The van der Waals surface area contributed by atoms with Gasteiger partial charge in [-0.3, -0.25) is 0 Å². The summed E-state index contributed by atoms with van der Waals surface area (Å²) >= 11 is 0. The Balaban J connectivity index is 1.92. The summed E-state index contributed by atoms with van der Waals surface area (Å²) in [4.78, 5) is 0. The minimum Gasteiger partial charge on any atom is -0.328 e. The molecule has 1 aromatic carbocycles. The minimum absolute atomic E-state index is 0.452. The van der Waals surface area contributed by atoms with Gasteiger partial charge in [0.25, 0.3) is 0 Å². The molecule has 0 bridgehead atoms. The standard InChI is InChI=1S/C15H23N/c1-2-12-6-8-13(9-7-12)10-14-4-3-5-15(16)11-14/h6-9,14-15H,2-5,10-11,16H2,1H3. The van der Waals surface area contributed by atoms with Crippen LogP contribution in [0.5, 0.6) is 0 Å². The molecule has 0 saturated heterocycles. The molecule has 0 spiro atoms. The van der Waals surface area contributed by atoms with Crippen molar-refractivity contribution in [1.82, 2.24) is 0 Å². The summed E-state index contributed by atoms with van der Waals surface area (Å²) in [6.45, 7) is 2.20. The van der Waals surface area contributed by atoms with E-state index < -0.39 is 0 Å². The quantitative estimate of drug-likeness (QED) is 0.826. The van der Waals surface area contributed by atoms with Crippen LogP contribution in [0.2, 0.25) is 0 Å². The molecule has 1 aliphatic carbocycles. The molecular formula is C15H23N. The van der Waals surface area contributed by atoms with E-state index in [9.17, 15) is 0 Å². The largest absolute Gasteiger partial charge is 0.328 e. The van der Waals surface area contributed by atoms with Gasteiger partial charge in [-0.1, -0.05) is 44.0 Å². The Kier molecular flexibility index (Phi) is 4.00. The molecule has 88 valence electrons. The SMILES string of the molecule is CCc1ccc(CC2CCCC(N)C2)cc1. The fourth-order valence-electron chi connectivity index (χ4n) is 2.76. The summed E-state index contributed by atoms with van der Waals surface area (Å²) in [5, 5.41) is 0. The number of hydrogen-bond donors (Lipinski definition) is 1. The first-order chi connectivity index (χ1) is 7.78. The van der Waals surface area contributed by atoms with Gasteiger partial charge in [0.1, 0.15) is 0 Å². The van der Waals surface area contributed by atoms with Gasteiger partial charge in [-0.05, 0) is 42.7 Å². The van der Waals surface area contributed by atoms with E-state index in [1.54, 1.807) is 0 Å². The Morgan fingerprint density at radius 1 is 1.12 bits per heavy atom. The number of benzene rings is 1. The molecule has 0 amide bonds. The average Bonchev–Trinajstić information content (AvgIpc) is 2.30. The molecule has 16 heavy (non-hydrogen) atoms. The molecule has 2 atom stereocenters. The monoisotopic (exact) mass is 217 g/mol. The summed E-state index contributed by atoms with van der Waals surface area (Å²) < 4.78 is 0. The van der Waals surface area contributed by atoms with E-state index in [2.05, 4.69) is 31.2 Å². The predicted octanol–water partition coefficient (Wildman–Crippen LogP) is 3.31. The van der Waals surface area contributed by atoms with Crippen LogP contribution in [0.3, 0.4) is 0 Å². The number of aryl methyl sites for hydroxylation is 1. The molecule has 1 nitrogen and oxygen atoms in total. The fourth-order valence-corrected chi connectivity index (χ4v) is 2.76. The van der Waals surface area contributed by atoms with Crippen LogP contribution in [0.25, 0.3) is 0 Å². The van der Waals surface area contributed by atoms with Crippen molar-refractivity contribution in [3.63, 3.8) is 0 Å². The lowest BCUT2D eigenvalue weighted by molar-refractivity contribution is 0.321. The van der Waals surface area contributed by atoms with Crippen molar-refractivity contribution in [2.75, 3.05) is 0 Å². The Hall–Kier alpha value is -0.820. The van der Waals surface area contributed by atoms with Crippen LogP contribution in [-0.4, -0.2) is 6.04 Å². The second-order valence-electron chi connectivity index (χ2n) is 5.17. The molecule has 2 rings (SSSR count). The summed E-state index contributed by atoms with van der Waals surface area (Å²) in [6.07, 6.45) is 7.48. The third-order valence-corrected chi connectivity index (χ3v) is 3.78. The van der Waals surface area contributed by atoms with Gasteiger partial charge in [0, 0.05) is 6.04 Å². The van der Waals surface area contributed by atoms with E-state index >= 15 is 0 Å². The smallest absolute Gasteiger partial charge is 0.00415 e. The molecule has 1 aliphatic rings. The van der Waals surface area contributed by atoms with E-state index in [0.717, 1.165) is 12.3 Å². The van der Waals surface area contributed by atoms with Crippen molar-refractivity contribution >= 4 is 0 Å². The molecular weight excluding hydrogens is 194 g/mol. The maximum absolute atomic E-state index is 6.02. The highest BCUT2D eigenvalue weighted by Gasteiger charge is 2.19. The Morgan fingerprint density at radius 2 is 1.81 bits per heavy atom. The molecule has 1 aromatic rings. The Labute approximate surface area is 99.0 Å². The molecule has 0 aromatic heterocycles. The van der Waals surface area contributed by atoms with Crippen LogP contribution in [0, 0.1) is 5.92 Å². The maximum Gasteiger partial charge on any atom is 0.00415 e. The van der Waals surface area contributed by atoms with E-state index in [-0.39, 0.29) is 0 Å². The zero-order chi connectivity index (χ0) is 11.4. The highest BCUT2D eigenvalue weighted by molar-refractivity contribution is 5.22. The summed E-state index contributed by atoms with van der Waals surface area (Å²) in [5.41, 5.74) is 8.94. The maximum atomic E-state index is 6.02. The van der Waals surface area contributed by atoms with Crippen molar-refractivity contribution in [3.8, 4) is 0 Å². The zero-order valence-electron chi connectivity index (χ0n) is 10.3. The Bertz CT molecular complexity index is 315. The second-order valence-corrected chi connectivity index (χ2v) is 5.17. The van der Waals surface area contributed by atoms with Gasteiger partial charge in [0.15, 0.2) is 0 Å². The lowest BCUT2D eigenvalue weighted by Crippen LogP contribution is -2.28. The van der Waals surface area contributed by atoms with Gasteiger partial charge in [-0.25, -0.2) is 0 Å². The molecule has 2 N–H and O–H groups in total. The van der Waals surface area contributed by atoms with Crippen molar-refractivity contribution in [1.29, 1.82) is 0 Å². The third-order valence-electron chi connectivity index (χ3n) is 3.78. The van der Waals surface area contributed by atoms with Gasteiger partial charge in [-0.2, -0.15) is 0 Å². The normalized spacial score (nSPS) is 25.6. The molecule has 0 aliphatic heterocycles. The van der Waals surface area contributed by atoms with Crippen molar-refractivity contribution in [2.24, 2.45) is 11.7 Å². The molecule has 1 saturated carbocycles. The van der Waals surface area contributed by atoms with Crippen LogP contribution < -0.4 is 5.73 Å². The molecule has 0 heterocycles. The van der Waals surface area contributed by atoms with Crippen LogP contribution in [0.4, 0.5) is 0 Å². The first-order valence-electron chi connectivity index (χ1n) is 6.61.